The molecule has 0 aromatic heterocycles. The number of rotatable bonds is 5. The molecule has 1 heterocycles. The summed E-state index contributed by atoms with van der Waals surface area (Å²) in [5, 5.41) is 4.97. The van der Waals surface area contributed by atoms with Crippen LogP contribution in [0.15, 0.2) is 18.2 Å². The highest BCUT2D eigenvalue weighted by molar-refractivity contribution is 6.31. The Balaban J connectivity index is 1.81. The zero-order chi connectivity index (χ0) is 21.8. The van der Waals surface area contributed by atoms with Gasteiger partial charge in [0.1, 0.15) is 0 Å². The molecule has 1 aliphatic heterocycles. The maximum absolute atomic E-state index is 12.9. The van der Waals surface area contributed by atoms with Crippen molar-refractivity contribution in [3.63, 3.8) is 0 Å². The summed E-state index contributed by atoms with van der Waals surface area (Å²) >= 11 is 5.58. The Labute approximate surface area is 173 Å². The zero-order valence-electron chi connectivity index (χ0n) is 16.7. The topological polar surface area (TPSA) is 64.7 Å². The molecular weight excluding hydrogens is 409 g/mol. The van der Waals surface area contributed by atoms with E-state index in [0.717, 1.165) is 12.1 Å². The molecule has 2 N–H and O–H groups in total. The number of hydrogen-bond donors (Lipinski definition) is 2. The van der Waals surface area contributed by atoms with Crippen LogP contribution < -0.4 is 10.6 Å². The number of anilines is 1. The Morgan fingerprint density at radius 3 is 2.00 bits per heavy atom. The summed E-state index contributed by atoms with van der Waals surface area (Å²) in [6.45, 7) is 8.54. The summed E-state index contributed by atoms with van der Waals surface area (Å²) < 4.78 is 38.8. The second-order valence-electron chi connectivity index (χ2n) is 8.09. The van der Waals surface area contributed by atoms with Crippen molar-refractivity contribution in [3.8, 4) is 0 Å². The van der Waals surface area contributed by atoms with Gasteiger partial charge >= 0.3 is 6.18 Å². The second-order valence-corrected chi connectivity index (χ2v) is 8.50. The van der Waals surface area contributed by atoms with Crippen molar-refractivity contribution in [3.05, 3.63) is 28.8 Å². The van der Waals surface area contributed by atoms with E-state index in [9.17, 15) is 22.8 Å². The summed E-state index contributed by atoms with van der Waals surface area (Å²) in [6, 6.07) is 3.27. The van der Waals surface area contributed by atoms with Gasteiger partial charge in [-0.15, -0.1) is 0 Å². The minimum atomic E-state index is -4.59. The Bertz CT molecular complexity index is 742. The van der Waals surface area contributed by atoms with Gasteiger partial charge < -0.3 is 10.6 Å². The Morgan fingerprint density at radius 2 is 1.52 bits per heavy atom. The largest absolute Gasteiger partial charge is 0.417 e. The Hall–Kier alpha value is -1.84. The number of halogens is 4. The third kappa shape index (κ3) is 7.83. The van der Waals surface area contributed by atoms with Crippen molar-refractivity contribution in [2.24, 2.45) is 0 Å². The average molecular weight is 435 g/mol. The number of carbonyl (C=O) groups excluding carboxylic acids is 2. The van der Waals surface area contributed by atoms with E-state index in [1.54, 1.807) is 0 Å². The van der Waals surface area contributed by atoms with Gasteiger partial charge in [-0.1, -0.05) is 11.6 Å². The molecular formula is C19H26ClF3N4O2. The molecule has 2 rings (SSSR count). The van der Waals surface area contributed by atoms with Gasteiger partial charge in [0.15, 0.2) is 0 Å². The van der Waals surface area contributed by atoms with E-state index >= 15 is 0 Å². The van der Waals surface area contributed by atoms with Crippen LogP contribution in [0, 0.1) is 0 Å². The Kier molecular flexibility index (Phi) is 7.53. The van der Waals surface area contributed by atoms with Crippen molar-refractivity contribution in [1.82, 2.24) is 15.1 Å². The lowest BCUT2D eigenvalue weighted by molar-refractivity contribution is -0.137. The maximum Gasteiger partial charge on any atom is 0.417 e. The lowest BCUT2D eigenvalue weighted by Gasteiger charge is -2.34. The fraction of sp³-hybridized carbons (Fsp3) is 0.579. The van der Waals surface area contributed by atoms with Crippen LogP contribution in [-0.2, 0) is 15.8 Å². The minimum Gasteiger partial charge on any atom is -0.350 e. The van der Waals surface area contributed by atoms with Crippen molar-refractivity contribution in [2.45, 2.75) is 32.5 Å². The van der Waals surface area contributed by atoms with E-state index in [-0.39, 0.29) is 23.7 Å². The van der Waals surface area contributed by atoms with Gasteiger partial charge in [0.25, 0.3) is 0 Å². The number of alkyl halides is 3. The van der Waals surface area contributed by atoms with Crippen LogP contribution in [0.2, 0.25) is 5.02 Å². The number of amides is 2. The SMILES string of the molecule is CC(C)(C)NC(=O)CN1CCN(CC(=O)Nc2ccc(Cl)c(C(F)(F)F)c2)CC1. The molecule has 29 heavy (non-hydrogen) atoms. The summed E-state index contributed by atoms with van der Waals surface area (Å²) in [7, 11) is 0. The third-order valence-electron chi connectivity index (χ3n) is 4.27. The molecule has 1 fully saturated rings. The maximum atomic E-state index is 12.9. The highest BCUT2D eigenvalue weighted by atomic mass is 35.5. The first-order valence-corrected chi connectivity index (χ1v) is 9.63. The van der Waals surface area contributed by atoms with E-state index in [4.69, 9.17) is 11.6 Å². The first-order chi connectivity index (χ1) is 13.3. The van der Waals surface area contributed by atoms with Crippen molar-refractivity contribution in [1.29, 1.82) is 0 Å². The first-order valence-electron chi connectivity index (χ1n) is 9.26. The molecule has 1 aromatic rings. The first kappa shape index (κ1) is 23.4. The fourth-order valence-corrected chi connectivity index (χ4v) is 3.21. The van der Waals surface area contributed by atoms with Crippen LogP contribution in [0.4, 0.5) is 18.9 Å². The third-order valence-corrected chi connectivity index (χ3v) is 4.60. The number of carbonyl (C=O) groups is 2. The monoisotopic (exact) mass is 434 g/mol. The van der Waals surface area contributed by atoms with E-state index in [1.807, 2.05) is 30.6 Å². The van der Waals surface area contributed by atoms with Crippen LogP contribution in [0.25, 0.3) is 0 Å². The van der Waals surface area contributed by atoms with E-state index < -0.39 is 22.7 Å². The minimum absolute atomic E-state index is 0.0456. The van der Waals surface area contributed by atoms with E-state index in [0.29, 0.717) is 32.7 Å². The predicted octanol–water partition coefficient (Wildman–Crippen LogP) is 2.83. The number of nitrogens with one attached hydrogen (secondary N) is 2. The molecule has 0 bridgehead atoms. The molecule has 0 saturated carbocycles. The van der Waals surface area contributed by atoms with Gasteiger partial charge in [0, 0.05) is 37.4 Å². The molecule has 1 aromatic carbocycles. The van der Waals surface area contributed by atoms with Crippen LogP contribution in [0.5, 0.6) is 0 Å². The van der Waals surface area contributed by atoms with Crippen LogP contribution >= 0.6 is 11.6 Å². The number of piperazine rings is 1. The normalized spacial score (nSPS) is 16.5. The van der Waals surface area contributed by atoms with Crippen LogP contribution in [0.1, 0.15) is 26.3 Å². The number of hydrogen-bond acceptors (Lipinski definition) is 4. The van der Waals surface area contributed by atoms with Gasteiger partial charge in [-0.2, -0.15) is 13.2 Å². The van der Waals surface area contributed by atoms with Gasteiger partial charge in [-0.05, 0) is 39.0 Å². The van der Waals surface area contributed by atoms with Crippen molar-refractivity contribution < 1.29 is 22.8 Å². The molecule has 1 saturated heterocycles. The highest BCUT2D eigenvalue weighted by Gasteiger charge is 2.33. The molecule has 10 heteroatoms. The lowest BCUT2D eigenvalue weighted by Crippen LogP contribution is -2.52. The summed E-state index contributed by atoms with van der Waals surface area (Å²) in [5.74, 6) is -0.453. The molecule has 1 aliphatic rings. The summed E-state index contributed by atoms with van der Waals surface area (Å²) in [4.78, 5) is 28.1. The van der Waals surface area contributed by atoms with Crippen molar-refractivity contribution in [2.75, 3.05) is 44.6 Å². The van der Waals surface area contributed by atoms with Gasteiger partial charge in [-0.3, -0.25) is 19.4 Å². The molecule has 6 nitrogen and oxygen atoms in total. The molecule has 0 unspecified atom stereocenters. The molecule has 0 aliphatic carbocycles. The second kappa shape index (κ2) is 9.32. The highest BCUT2D eigenvalue weighted by Crippen LogP contribution is 2.36. The summed E-state index contributed by atoms with van der Waals surface area (Å²) in [6.07, 6.45) is -4.59. The smallest absolute Gasteiger partial charge is 0.350 e. The summed E-state index contributed by atoms with van der Waals surface area (Å²) in [5.41, 5.74) is -1.23. The van der Waals surface area contributed by atoms with Crippen LogP contribution in [-0.4, -0.2) is 66.4 Å². The molecule has 162 valence electrons. The molecule has 0 atom stereocenters. The van der Waals surface area contributed by atoms with Gasteiger partial charge in [-0.25, -0.2) is 0 Å². The zero-order valence-corrected chi connectivity index (χ0v) is 17.5. The average Bonchev–Trinajstić information content (AvgIpc) is 2.55. The Morgan fingerprint density at radius 1 is 1.00 bits per heavy atom. The van der Waals surface area contributed by atoms with Crippen LogP contribution in [0.3, 0.4) is 0 Å². The predicted molar refractivity (Wildman–Crippen MR) is 106 cm³/mol. The van der Waals surface area contributed by atoms with E-state index in [2.05, 4.69) is 10.6 Å². The lowest BCUT2D eigenvalue weighted by atomic mass is 10.1. The molecule has 0 radical (unpaired) electrons. The molecule has 2 amide bonds. The number of nitrogens with zero attached hydrogens (tertiary/aromatic N) is 2. The standard InChI is InChI=1S/C19H26ClF3N4O2/c1-18(2,3)25-17(29)12-27-8-6-26(7-9-27)11-16(28)24-13-4-5-15(20)14(10-13)19(21,22)23/h4-5,10H,6-9,11-12H2,1-3H3,(H,24,28)(H,25,29). The number of benzene rings is 1. The van der Waals surface area contributed by atoms with Crippen molar-refractivity contribution >= 4 is 29.1 Å². The van der Waals surface area contributed by atoms with E-state index in [1.165, 1.54) is 6.07 Å². The quantitative estimate of drug-likeness (QED) is 0.748. The van der Waals surface area contributed by atoms with Gasteiger partial charge in [0.2, 0.25) is 11.8 Å². The molecule has 0 spiro atoms. The fourth-order valence-electron chi connectivity index (χ4n) is 2.99. The van der Waals surface area contributed by atoms with Gasteiger partial charge in [0.05, 0.1) is 23.7 Å².